The molecule has 0 aromatic heterocycles. The minimum atomic E-state index is -3.07. The Balaban J connectivity index is 1.58. The number of benzene rings is 2. The zero-order valence-corrected chi connectivity index (χ0v) is 18.6. The molecular formula is C22H24N2O4S2. The third-order valence-electron chi connectivity index (χ3n) is 5.40. The predicted molar refractivity (Wildman–Crippen MR) is 120 cm³/mol. The SMILES string of the molecule is COc1ccccc1CC(=O)N=C1S[C@@H]2CS(=O)(=O)C[C@H]2N1Cc1ccc(C)cc1. The van der Waals surface area contributed by atoms with E-state index < -0.39 is 9.84 Å². The Morgan fingerprint density at radius 1 is 1.17 bits per heavy atom. The Labute approximate surface area is 181 Å². The average molecular weight is 445 g/mol. The number of rotatable bonds is 5. The fraction of sp³-hybridized carbons (Fsp3) is 0.364. The van der Waals surface area contributed by atoms with Gasteiger partial charge in [0, 0.05) is 17.4 Å². The van der Waals surface area contributed by atoms with E-state index in [1.807, 2.05) is 60.4 Å². The smallest absolute Gasteiger partial charge is 0.252 e. The monoisotopic (exact) mass is 444 g/mol. The number of aryl methyl sites for hydroxylation is 1. The first-order chi connectivity index (χ1) is 14.3. The van der Waals surface area contributed by atoms with Crippen LogP contribution in [0.1, 0.15) is 16.7 Å². The summed E-state index contributed by atoms with van der Waals surface area (Å²) in [7, 11) is -1.49. The number of amidine groups is 1. The molecule has 2 saturated heterocycles. The first kappa shape index (κ1) is 20.9. The molecule has 0 spiro atoms. The number of carbonyl (C=O) groups excluding carboxylic acids is 1. The molecule has 0 bridgehead atoms. The summed E-state index contributed by atoms with van der Waals surface area (Å²) in [5, 5.41) is 0.527. The molecule has 158 valence electrons. The van der Waals surface area contributed by atoms with Crippen molar-refractivity contribution in [1.82, 2.24) is 4.90 Å². The van der Waals surface area contributed by atoms with Crippen LogP contribution in [0.25, 0.3) is 0 Å². The van der Waals surface area contributed by atoms with Crippen molar-refractivity contribution in [3.8, 4) is 5.75 Å². The first-order valence-corrected chi connectivity index (χ1v) is 12.5. The van der Waals surface area contributed by atoms with Crippen LogP contribution in [0.5, 0.6) is 5.75 Å². The maximum absolute atomic E-state index is 12.7. The topological polar surface area (TPSA) is 76.0 Å². The van der Waals surface area contributed by atoms with E-state index in [0.29, 0.717) is 17.5 Å². The van der Waals surface area contributed by atoms with E-state index in [4.69, 9.17) is 4.74 Å². The summed E-state index contributed by atoms with van der Waals surface area (Å²) in [6.45, 7) is 2.56. The second-order valence-electron chi connectivity index (χ2n) is 7.69. The van der Waals surface area contributed by atoms with Gasteiger partial charge in [-0.15, -0.1) is 0 Å². The van der Waals surface area contributed by atoms with Gasteiger partial charge in [-0.2, -0.15) is 4.99 Å². The van der Waals surface area contributed by atoms with Crippen LogP contribution in [-0.4, -0.2) is 54.3 Å². The quantitative estimate of drug-likeness (QED) is 0.706. The lowest BCUT2D eigenvalue weighted by Crippen LogP contribution is -2.37. The van der Waals surface area contributed by atoms with E-state index >= 15 is 0 Å². The molecule has 1 amide bonds. The van der Waals surface area contributed by atoms with E-state index in [-0.39, 0.29) is 35.1 Å². The first-order valence-electron chi connectivity index (χ1n) is 9.77. The highest BCUT2D eigenvalue weighted by atomic mass is 32.2. The van der Waals surface area contributed by atoms with Crippen molar-refractivity contribution in [1.29, 1.82) is 0 Å². The van der Waals surface area contributed by atoms with Gasteiger partial charge in [0.05, 0.1) is 31.1 Å². The van der Waals surface area contributed by atoms with E-state index in [9.17, 15) is 13.2 Å². The number of hydrogen-bond donors (Lipinski definition) is 0. The highest BCUT2D eigenvalue weighted by Crippen LogP contribution is 2.39. The number of ether oxygens (including phenoxy) is 1. The molecule has 2 aromatic carbocycles. The highest BCUT2D eigenvalue weighted by molar-refractivity contribution is 8.15. The molecule has 2 fully saturated rings. The van der Waals surface area contributed by atoms with Crippen LogP contribution < -0.4 is 4.74 Å². The molecule has 0 saturated carbocycles. The number of aliphatic imine (C=N–C) groups is 1. The molecule has 2 aromatic rings. The van der Waals surface area contributed by atoms with Gasteiger partial charge in [-0.05, 0) is 18.6 Å². The molecule has 4 rings (SSSR count). The second kappa shape index (κ2) is 8.43. The Bertz CT molecular complexity index is 1080. The Morgan fingerprint density at radius 3 is 2.63 bits per heavy atom. The van der Waals surface area contributed by atoms with E-state index in [0.717, 1.165) is 16.7 Å². The van der Waals surface area contributed by atoms with Gasteiger partial charge in [0.15, 0.2) is 15.0 Å². The van der Waals surface area contributed by atoms with Crippen molar-refractivity contribution >= 4 is 32.7 Å². The molecule has 2 heterocycles. The summed E-state index contributed by atoms with van der Waals surface area (Å²) in [5.74, 6) is 0.631. The number of amides is 1. The standard InChI is InChI=1S/C22H24N2O4S2/c1-15-7-9-16(10-8-15)12-24-18-13-30(26,27)14-20(18)29-22(24)23-21(25)11-17-5-3-4-6-19(17)28-2/h3-10,18,20H,11-14H2,1-2H3/t18-,20-/m1/s1. The predicted octanol–water partition coefficient (Wildman–Crippen LogP) is 2.84. The zero-order valence-electron chi connectivity index (χ0n) is 16.9. The van der Waals surface area contributed by atoms with Crippen molar-refractivity contribution in [3.63, 3.8) is 0 Å². The Kier molecular flexibility index (Phi) is 5.88. The van der Waals surface area contributed by atoms with E-state index in [2.05, 4.69) is 4.99 Å². The lowest BCUT2D eigenvalue weighted by molar-refractivity contribution is -0.117. The minimum absolute atomic E-state index is 0.0849. The summed E-state index contributed by atoms with van der Waals surface area (Å²) in [6.07, 6.45) is 0.139. The van der Waals surface area contributed by atoms with Crippen LogP contribution in [0.15, 0.2) is 53.5 Å². The summed E-state index contributed by atoms with van der Waals surface area (Å²) in [5.41, 5.74) is 3.01. The summed E-state index contributed by atoms with van der Waals surface area (Å²) in [4.78, 5) is 19.1. The third-order valence-corrected chi connectivity index (χ3v) is 8.65. The lowest BCUT2D eigenvalue weighted by Gasteiger charge is -2.24. The van der Waals surface area contributed by atoms with Crippen LogP contribution in [0.2, 0.25) is 0 Å². The molecule has 0 unspecified atom stereocenters. The molecule has 0 aliphatic carbocycles. The molecule has 2 atom stereocenters. The van der Waals surface area contributed by atoms with Crippen LogP contribution >= 0.6 is 11.8 Å². The lowest BCUT2D eigenvalue weighted by atomic mass is 10.1. The summed E-state index contributed by atoms with van der Waals surface area (Å²) >= 11 is 1.41. The molecule has 2 aliphatic heterocycles. The maximum Gasteiger partial charge on any atom is 0.252 e. The minimum Gasteiger partial charge on any atom is -0.496 e. The molecule has 0 radical (unpaired) electrons. The van der Waals surface area contributed by atoms with Crippen LogP contribution in [0, 0.1) is 6.92 Å². The van der Waals surface area contributed by atoms with E-state index in [1.165, 1.54) is 11.8 Å². The molecule has 6 nitrogen and oxygen atoms in total. The fourth-order valence-corrected chi connectivity index (χ4v) is 7.84. The van der Waals surface area contributed by atoms with Crippen molar-refractivity contribution in [2.45, 2.75) is 31.2 Å². The van der Waals surface area contributed by atoms with Crippen molar-refractivity contribution in [2.75, 3.05) is 18.6 Å². The van der Waals surface area contributed by atoms with Crippen LogP contribution in [0.4, 0.5) is 0 Å². The van der Waals surface area contributed by atoms with Gasteiger partial charge in [-0.25, -0.2) is 8.42 Å². The molecule has 30 heavy (non-hydrogen) atoms. The summed E-state index contributed by atoms with van der Waals surface area (Å²) in [6, 6.07) is 15.4. The maximum atomic E-state index is 12.7. The van der Waals surface area contributed by atoms with Crippen molar-refractivity contribution < 1.29 is 17.9 Å². The molecule has 2 aliphatic rings. The van der Waals surface area contributed by atoms with Gasteiger partial charge >= 0.3 is 0 Å². The van der Waals surface area contributed by atoms with Crippen LogP contribution in [-0.2, 0) is 27.6 Å². The largest absolute Gasteiger partial charge is 0.496 e. The highest BCUT2D eigenvalue weighted by Gasteiger charge is 2.48. The van der Waals surface area contributed by atoms with E-state index in [1.54, 1.807) is 7.11 Å². The number of para-hydroxylation sites is 1. The van der Waals surface area contributed by atoms with Gasteiger partial charge in [-0.3, -0.25) is 4.79 Å². The number of carbonyl (C=O) groups is 1. The normalized spacial score (nSPS) is 23.5. The van der Waals surface area contributed by atoms with Gasteiger partial charge in [-0.1, -0.05) is 59.8 Å². The Hall–Kier alpha value is -2.32. The van der Waals surface area contributed by atoms with Crippen molar-refractivity contribution in [3.05, 3.63) is 65.2 Å². The van der Waals surface area contributed by atoms with Gasteiger partial charge in [0.2, 0.25) is 0 Å². The number of methoxy groups -OCH3 is 1. The third kappa shape index (κ3) is 4.54. The molecule has 0 N–H and O–H groups in total. The number of thioether (sulfide) groups is 1. The van der Waals surface area contributed by atoms with Gasteiger partial charge in [0.1, 0.15) is 5.75 Å². The number of fused-ring (bicyclic) bond motifs is 1. The Morgan fingerprint density at radius 2 is 1.90 bits per heavy atom. The number of sulfone groups is 1. The second-order valence-corrected chi connectivity index (χ2v) is 11.1. The number of hydrogen-bond acceptors (Lipinski definition) is 5. The summed E-state index contributed by atoms with van der Waals surface area (Å²) < 4.78 is 29.7. The van der Waals surface area contributed by atoms with Crippen molar-refractivity contribution in [2.24, 2.45) is 4.99 Å². The fourth-order valence-electron chi connectivity index (χ4n) is 3.87. The molecular weight excluding hydrogens is 420 g/mol. The zero-order chi connectivity index (χ0) is 21.3. The average Bonchev–Trinajstić information content (AvgIpc) is 3.16. The van der Waals surface area contributed by atoms with Gasteiger partial charge < -0.3 is 9.64 Å². The van der Waals surface area contributed by atoms with Crippen LogP contribution in [0.3, 0.4) is 0 Å². The number of nitrogens with zero attached hydrogens (tertiary/aromatic N) is 2. The van der Waals surface area contributed by atoms with Gasteiger partial charge in [0.25, 0.3) is 5.91 Å². The molecule has 8 heteroatoms.